The summed E-state index contributed by atoms with van der Waals surface area (Å²) in [5, 5.41) is 13.6. The van der Waals surface area contributed by atoms with E-state index < -0.39 is 0 Å². The summed E-state index contributed by atoms with van der Waals surface area (Å²) in [7, 11) is 0. The smallest absolute Gasteiger partial charge is 0.0648 e. The summed E-state index contributed by atoms with van der Waals surface area (Å²) in [5.41, 5.74) is 10.0. The van der Waals surface area contributed by atoms with E-state index in [4.69, 9.17) is 10.8 Å². The van der Waals surface area contributed by atoms with Gasteiger partial charge in [-0.25, -0.2) is 4.68 Å². The van der Waals surface area contributed by atoms with E-state index in [1.54, 1.807) is 0 Å². The van der Waals surface area contributed by atoms with Gasteiger partial charge in [0, 0.05) is 11.7 Å². The average molecular weight is 245 g/mol. The Hall–Kier alpha value is -1.65. The highest BCUT2D eigenvalue weighted by Gasteiger charge is 2.14. The standard InChI is InChI=1S/C14H19N3O/c1-10-14(8-12(15)9-18)11(2)17(16-10)13-6-4-3-5-7-13/h3-7,12,18H,8-9,15H2,1-2H3. The molecule has 0 bridgehead atoms. The van der Waals surface area contributed by atoms with Gasteiger partial charge in [0.25, 0.3) is 0 Å². The molecular formula is C14H19N3O. The molecule has 3 N–H and O–H groups in total. The third-order valence-corrected chi connectivity index (χ3v) is 3.14. The molecule has 2 rings (SSSR count). The Balaban J connectivity index is 2.38. The summed E-state index contributed by atoms with van der Waals surface area (Å²) in [6.45, 7) is 4.01. The zero-order valence-corrected chi connectivity index (χ0v) is 10.8. The maximum atomic E-state index is 9.05. The number of hydrogen-bond donors (Lipinski definition) is 2. The monoisotopic (exact) mass is 245 g/mol. The number of nitrogens with two attached hydrogens (primary N) is 1. The molecule has 0 saturated carbocycles. The second kappa shape index (κ2) is 5.33. The van der Waals surface area contributed by atoms with Crippen LogP contribution in [0.25, 0.3) is 5.69 Å². The number of rotatable bonds is 4. The second-order valence-electron chi connectivity index (χ2n) is 4.54. The normalized spacial score (nSPS) is 12.7. The van der Waals surface area contributed by atoms with Crippen molar-refractivity contribution < 1.29 is 5.11 Å². The van der Waals surface area contributed by atoms with Gasteiger partial charge in [-0.15, -0.1) is 0 Å². The minimum Gasteiger partial charge on any atom is -0.395 e. The van der Waals surface area contributed by atoms with Gasteiger partial charge in [0.1, 0.15) is 0 Å². The van der Waals surface area contributed by atoms with Gasteiger partial charge >= 0.3 is 0 Å². The predicted molar refractivity (Wildman–Crippen MR) is 71.8 cm³/mol. The van der Waals surface area contributed by atoms with Crippen LogP contribution >= 0.6 is 0 Å². The maximum Gasteiger partial charge on any atom is 0.0648 e. The topological polar surface area (TPSA) is 64.1 Å². The predicted octanol–water partition coefficient (Wildman–Crippen LogP) is 1.35. The third-order valence-electron chi connectivity index (χ3n) is 3.14. The van der Waals surface area contributed by atoms with Gasteiger partial charge in [-0.05, 0) is 38.0 Å². The summed E-state index contributed by atoms with van der Waals surface area (Å²) in [4.78, 5) is 0. The van der Waals surface area contributed by atoms with Crippen LogP contribution in [0.5, 0.6) is 0 Å². The molecule has 0 aliphatic heterocycles. The third kappa shape index (κ3) is 2.44. The van der Waals surface area contributed by atoms with E-state index >= 15 is 0 Å². The number of aryl methyl sites for hydroxylation is 1. The molecule has 1 heterocycles. The molecule has 1 unspecified atom stereocenters. The first-order chi connectivity index (χ1) is 8.63. The fraction of sp³-hybridized carbons (Fsp3) is 0.357. The van der Waals surface area contributed by atoms with Crippen molar-refractivity contribution in [2.45, 2.75) is 26.3 Å². The Bertz CT molecular complexity index is 519. The molecule has 0 spiro atoms. The minimum absolute atomic E-state index is 0.00457. The molecule has 18 heavy (non-hydrogen) atoms. The summed E-state index contributed by atoms with van der Waals surface area (Å²) in [6.07, 6.45) is 0.654. The summed E-state index contributed by atoms with van der Waals surface area (Å²) in [6, 6.07) is 9.79. The van der Waals surface area contributed by atoms with E-state index in [9.17, 15) is 0 Å². The van der Waals surface area contributed by atoms with Gasteiger partial charge in [0.2, 0.25) is 0 Å². The van der Waals surface area contributed by atoms with E-state index in [2.05, 4.69) is 5.10 Å². The fourth-order valence-corrected chi connectivity index (χ4v) is 2.12. The van der Waals surface area contributed by atoms with Crippen LogP contribution in [0.2, 0.25) is 0 Å². The molecule has 4 heteroatoms. The molecule has 0 amide bonds. The van der Waals surface area contributed by atoms with Gasteiger partial charge in [0.15, 0.2) is 0 Å². The van der Waals surface area contributed by atoms with E-state index in [0.717, 1.165) is 22.6 Å². The number of aliphatic hydroxyl groups excluding tert-OH is 1. The highest BCUT2D eigenvalue weighted by atomic mass is 16.3. The van der Waals surface area contributed by atoms with Crippen LogP contribution in [-0.4, -0.2) is 27.5 Å². The molecule has 0 fully saturated rings. The summed E-state index contributed by atoms with van der Waals surface area (Å²) >= 11 is 0. The minimum atomic E-state index is -0.226. The molecule has 0 saturated heterocycles. The second-order valence-corrected chi connectivity index (χ2v) is 4.54. The lowest BCUT2D eigenvalue weighted by Crippen LogP contribution is -2.27. The van der Waals surface area contributed by atoms with Crippen LogP contribution in [-0.2, 0) is 6.42 Å². The van der Waals surface area contributed by atoms with Crippen molar-refractivity contribution in [2.75, 3.05) is 6.61 Å². The van der Waals surface area contributed by atoms with E-state index in [1.165, 1.54) is 0 Å². The van der Waals surface area contributed by atoms with Crippen LogP contribution < -0.4 is 5.73 Å². The van der Waals surface area contributed by atoms with Gasteiger partial charge in [-0.2, -0.15) is 5.10 Å². The number of benzene rings is 1. The molecular weight excluding hydrogens is 226 g/mol. The van der Waals surface area contributed by atoms with Crippen molar-refractivity contribution in [1.82, 2.24) is 9.78 Å². The number of para-hydroxylation sites is 1. The van der Waals surface area contributed by atoms with Crippen molar-refractivity contribution >= 4 is 0 Å². The summed E-state index contributed by atoms with van der Waals surface area (Å²) < 4.78 is 1.93. The highest BCUT2D eigenvalue weighted by molar-refractivity contribution is 5.37. The lowest BCUT2D eigenvalue weighted by atomic mass is 10.1. The molecule has 1 aromatic heterocycles. The molecule has 2 aromatic rings. The van der Waals surface area contributed by atoms with Gasteiger partial charge < -0.3 is 10.8 Å². The Morgan fingerprint density at radius 3 is 2.56 bits per heavy atom. The first-order valence-electron chi connectivity index (χ1n) is 6.10. The SMILES string of the molecule is Cc1nn(-c2ccccc2)c(C)c1CC(N)CO. The first kappa shape index (κ1) is 12.8. The first-order valence-corrected chi connectivity index (χ1v) is 6.10. The summed E-state index contributed by atoms with van der Waals surface area (Å²) in [5.74, 6) is 0. The molecule has 1 atom stereocenters. The number of nitrogens with zero attached hydrogens (tertiary/aromatic N) is 2. The lowest BCUT2D eigenvalue weighted by molar-refractivity contribution is 0.265. The molecule has 4 nitrogen and oxygen atoms in total. The number of aromatic nitrogens is 2. The van der Waals surface area contributed by atoms with Crippen LogP contribution in [0, 0.1) is 13.8 Å². The van der Waals surface area contributed by atoms with Crippen LogP contribution in [0.1, 0.15) is 17.0 Å². The van der Waals surface area contributed by atoms with E-state index in [0.29, 0.717) is 6.42 Å². The van der Waals surface area contributed by atoms with Crippen molar-refractivity contribution in [3.05, 3.63) is 47.3 Å². The van der Waals surface area contributed by atoms with Gasteiger partial charge in [-0.3, -0.25) is 0 Å². The Kier molecular flexibility index (Phi) is 3.79. The number of aliphatic hydroxyl groups is 1. The molecule has 0 aliphatic carbocycles. The van der Waals surface area contributed by atoms with Gasteiger partial charge in [-0.1, -0.05) is 18.2 Å². The van der Waals surface area contributed by atoms with Gasteiger partial charge in [0.05, 0.1) is 18.0 Å². The number of hydrogen-bond acceptors (Lipinski definition) is 3. The molecule has 96 valence electrons. The maximum absolute atomic E-state index is 9.05. The van der Waals surface area contributed by atoms with Crippen molar-refractivity contribution in [1.29, 1.82) is 0 Å². The van der Waals surface area contributed by atoms with Crippen molar-refractivity contribution in [2.24, 2.45) is 5.73 Å². The van der Waals surface area contributed by atoms with E-state index in [1.807, 2.05) is 48.9 Å². The van der Waals surface area contributed by atoms with Crippen molar-refractivity contribution in [3.8, 4) is 5.69 Å². The van der Waals surface area contributed by atoms with Crippen molar-refractivity contribution in [3.63, 3.8) is 0 Å². The Labute approximate surface area is 107 Å². The lowest BCUT2D eigenvalue weighted by Gasteiger charge is -2.09. The highest BCUT2D eigenvalue weighted by Crippen LogP contribution is 2.18. The fourth-order valence-electron chi connectivity index (χ4n) is 2.12. The van der Waals surface area contributed by atoms with Crippen LogP contribution in [0.3, 0.4) is 0 Å². The molecule has 0 aliphatic rings. The van der Waals surface area contributed by atoms with Crippen LogP contribution in [0.4, 0.5) is 0 Å². The quantitative estimate of drug-likeness (QED) is 0.854. The van der Waals surface area contributed by atoms with Crippen LogP contribution in [0.15, 0.2) is 30.3 Å². The molecule has 0 radical (unpaired) electrons. The Morgan fingerprint density at radius 1 is 1.28 bits per heavy atom. The zero-order valence-electron chi connectivity index (χ0n) is 10.8. The molecule has 1 aromatic carbocycles. The zero-order chi connectivity index (χ0) is 13.1. The largest absolute Gasteiger partial charge is 0.395 e. The average Bonchev–Trinajstić information content (AvgIpc) is 2.67. The Morgan fingerprint density at radius 2 is 1.94 bits per heavy atom. The van der Waals surface area contributed by atoms with E-state index in [-0.39, 0.29) is 12.6 Å².